The zero-order chi connectivity index (χ0) is 13.5. The summed E-state index contributed by atoms with van der Waals surface area (Å²) in [5.41, 5.74) is 3.53. The molecule has 1 aromatic rings. The smallest absolute Gasteiger partial charge is 0.0633 e. The maximum absolute atomic E-state index is 4.49. The molecule has 1 aromatic carbocycles. The summed E-state index contributed by atoms with van der Waals surface area (Å²) >= 11 is 3.30. The normalized spacial score (nSPS) is 12.1. The first-order chi connectivity index (χ1) is 8.54. The molecule has 92 valence electrons. The Labute approximate surface area is 117 Å². The Balaban J connectivity index is 2.99. The second-order valence-electron chi connectivity index (χ2n) is 3.76. The lowest BCUT2D eigenvalue weighted by atomic mass is 10.1. The number of benzene rings is 1. The van der Waals surface area contributed by atoms with Gasteiger partial charge in [0.05, 0.1) is 5.70 Å². The van der Waals surface area contributed by atoms with Crippen LogP contribution in [0.15, 0.2) is 77.3 Å². The van der Waals surface area contributed by atoms with E-state index >= 15 is 0 Å². The number of hydrogen-bond donors (Lipinski definition) is 0. The van der Waals surface area contributed by atoms with Crippen molar-refractivity contribution in [2.45, 2.75) is 6.92 Å². The highest BCUT2D eigenvalue weighted by Gasteiger charge is 2.00. The van der Waals surface area contributed by atoms with Gasteiger partial charge in [-0.25, -0.2) is 0 Å². The molecule has 0 spiro atoms. The fourth-order valence-corrected chi connectivity index (χ4v) is 1.69. The summed E-state index contributed by atoms with van der Waals surface area (Å²) in [5.74, 6) is 0. The first-order valence-corrected chi connectivity index (χ1v) is 6.32. The van der Waals surface area contributed by atoms with Crippen molar-refractivity contribution in [2.24, 2.45) is 4.99 Å². The van der Waals surface area contributed by atoms with E-state index in [1.165, 1.54) is 0 Å². The SMILES string of the molecule is C=C/C(=C\C(=C)Br)C(C)=NC(=C)c1ccccc1. The fourth-order valence-electron chi connectivity index (χ4n) is 1.44. The van der Waals surface area contributed by atoms with Crippen LogP contribution in [0.1, 0.15) is 12.5 Å². The largest absolute Gasteiger partial charge is 0.253 e. The quantitative estimate of drug-likeness (QED) is 0.527. The van der Waals surface area contributed by atoms with Crippen molar-refractivity contribution in [2.75, 3.05) is 0 Å². The lowest BCUT2D eigenvalue weighted by molar-refractivity contribution is 1.49. The summed E-state index contributed by atoms with van der Waals surface area (Å²) in [4.78, 5) is 4.49. The van der Waals surface area contributed by atoms with E-state index in [4.69, 9.17) is 0 Å². The Morgan fingerprint density at radius 1 is 1.22 bits per heavy atom. The standard InChI is InChI=1S/C16H16BrN/c1-5-15(11-12(2)17)13(3)18-14(4)16-9-7-6-8-10-16/h5-11H,1-2,4H2,3H3/b15-11+,18-13?. The molecule has 0 unspecified atom stereocenters. The van der Waals surface area contributed by atoms with Crippen molar-refractivity contribution in [3.05, 3.63) is 77.8 Å². The van der Waals surface area contributed by atoms with Crippen molar-refractivity contribution in [1.82, 2.24) is 0 Å². The van der Waals surface area contributed by atoms with E-state index in [1.54, 1.807) is 6.08 Å². The van der Waals surface area contributed by atoms with Gasteiger partial charge in [-0.05, 0) is 24.1 Å². The summed E-state index contributed by atoms with van der Waals surface area (Å²) < 4.78 is 0.789. The van der Waals surface area contributed by atoms with Crippen molar-refractivity contribution >= 4 is 27.3 Å². The minimum absolute atomic E-state index is 0.737. The molecule has 0 saturated carbocycles. The van der Waals surface area contributed by atoms with Crippen molar-refractivity contribution in [3.8, 4) is 0 Å². The van der Waals surface area contributed by atoms with Gasteiger partial charge in [-0.3, -0.25) is 4.99 Å². The molecule has 2 heteroatoms. The highest BCUT2D eigenvalue weighted by molar-refractivity contribution is 9.11. The summed E-state index contributed by atoms with van der Waals surface area (Å²) in [6.45, 7) is 13.5. The van der Waals surface area contributed by atoms with Gasteiger partial charge in [0.2, 0.25) is 0 Å². The number of aliphatic imine (C=N–C) groups is 1. The predicted molar refractivity (Wildman–Crippen MR) is 84.9 cm³/mol. The third-order valence-corrected chi connectivity index (χ3v) is 2.59. The Kier molecular flexibility index (Phi) is 5.53. The highest BCUT2D eigenvalue weighted by atomic mass is 79.9. The molecule has 0 aliphatic heterocycles. The van der Waals surface area contributed by atoms with E-state index in [9.17, 15) is 0 Å². The van der Waals surface area contributed by atoms with Crippen LogP contribution >= 0.6 is 15.9 Å². The monoisotopic (exact) mass is 301 g/mol. The average Bonchev–Trinajstić information content (AvgIpc) is 2.36. The molecule has 0 aliphatic carbocycles. The third kappa shape index (κ3) is 4.30. The van der Waals surface area contributed by atoms with E-state index in [2.05, 4.69) is 40.7 Å². The summed E-state index contributed by atoms with van der Waals surface area (Å²) in [6, 6.07) is 9.88. The molecular weight excluding hydrogens is 286 g/mol. The van der Waals surface area contributed by atoms with Crippen LogP contribution in [0.4, 0.5) is 0 Å². The number of rotatable bonds is 5. The minimum Gasteiger partial charge on any atom is -0.253 e. The summed E-state index contributed by atoms with van der Waals surface area (Å²) in [7, 11) is 0. The first-order valence-electron chi connectivity index (χ1n) is 5.53. The van der Waals surface area contributed by atoms with Crippen LogP contribution in [-0.2, 0) is 0 Å². The molecule has 0 aromatic heterocycles. The van der Waals surface area contributed by atoms with Crippen LogP contribution in [0.5, 0.6) is 0 Å². The zero-order valence-electron chi connectivity index (χ0n) is 10.5. The van der Waals surface area contributed by atoms with Crippen molar-refractivity contribution in [3.63, 3.8) is 0 Å². The third-order valence-electron chi connectivity index (χ3n) is 2.36. The molecule has 0 amide bonds. The maximum atomic E-state index is 4.49. The molecule has 1 nitrogen and oxygen atoms in total. The maximum Gasteiger partial charge on any atom is 0.0633 e. The van der Waals surface area contributed by atoms with Gasteiger partial charge in [-0.15, -0.1) is 0 Å². The van der Waals surface area contributed by atoms with Gasteiger partial charge in [0, 0.05) is 10.2 Å². The lowest BCUT2D eigenvalue weighted by Crippen LogP contribution is -1.95. The van der Waals surface area contributed by atoms with E-state index in [-0.39, 0.29) is 0 Å². The van der Waals surface area contributed by atoms with Gasteiger partial charge in [0.1, 0.15) is 0 Å². The van der Waals surface area contributed by atoms with Gasteiger partial charge in [-0.2, -0.15) is 0 Å². The van der Waals surface area contributed by atoms with Crippen LogP contribution in [0.3, 0.4) is 0 Å². The van der Waals surface area contributed by atoms with E-state index in [0.717, 1.165) is 27.0 Å². The zero-order valence-corrected chi connectivity index (χ0v) is 12.1. The van der Waals surface area contributed by atoms with E-state index in [1.807, 2.05) is 43.3 Å². The number of nitrogens with zero attached hydrogens (tertiary/aromatic N) is 1. The molecule has 0 fully saturated rings. The molecule has 0 heterocycles. The Morgan fingerprint density at radius 2 is 1.83 bits per heavy atom. The van der Waals surface area contributed by atoms with Gasteiger partial charge in [0.25, 0.3) is 0 Å². The van der Waals surface area contributed by atoms with Crippen molar-refractivity contribution < 1.29 is 0 Å². The van der Waals surface area contributed by atoms with Crippen molar-refractivity contribution in [1.29, 1.82) is 0 Å². The Morgan fingerprint density at radius 3 is 2.33 bits per heavy atom. The number of hydrogen-bond acceptors (Lipinski definition) is 1. The molecule has 0 radical (unpaired) electrons. The Bertz CT molecular complexity index is 521. The first kappa shape index (κ1) is 14.4. The van der Waals surface area contributed by atoms with Crippen LogP contribution in [0.2, 0.25) is 0 Å². The minimum atomic E-state index is 0.737. The molecular formula is C16H16BrN. The van der Waals surface area contributed by atoms with Gasteiger partial charge in [-0.1, -0.05) is 72.1 Å². The highest BCUT2D eigenvalue weighted by Crippen LogP contribution is 2.16. The van der Waals surface area contributed by atoms with Crippen LogP contribution in [-0.4, -0.2) is 5.71 Å². The predicted octanol–water partition coefficient (Wildman–Crippen LogP) is 5.14. The van der Waals surface area contributed by atoms with Gasteiger partial charge >= 0.3 is 0 Å². The van der Waals surface area contributed by atoms with Gasteiger partial charge in [0.15, 0.2) is 0 Å². The topological polar surface area (TPSA) is 12.4 Å². The van der Waals surface area contributed by atoms with Crippen LogP contribution in [0, 0.1) is 0 Å². The molecule has 18 heavy (non-hydrogen) atoms. The molecule has 0 saturated heterocycles. The summed E-state index contributed by atoms with van der Waals surface area (Å²) in [6.07, 6.45) is 3.63. The molecule has 0 atom stereocenters. The molecule has 0 bridgehead atoms. The molecule has 0 N–H and O–H groups in total. The molecule has 1 rings (SSSR count). The van der Waals surface area contributed by atoms with E-state index in [0.29, 0.717) is 0 Å². The lowest BCUT2D eigenvalue weighted by Gasteiger charge is -2.04. The fraction of sp³-hybridized carbons (Fsp3) is 0.0625. The summed E-state index contributed by atoms with van der Waals surface area (Å²) in [5, 5.41) is 0. The number of allylic oxidation sites excluding steroid dienone is 4. The second kappa shape index (κ2) is 6.92. The second-order valence-corrected chi connectivity index (χ2v) is 4.78. The van der Waals surface area contributed by atoms with Crippen LogP contribution < -0.4 is 0 Å². The molecule has 0 aliphatic rings. The average molecular weight is 302 g/mol. The Hall–Kier alpha value is -1.67. The van der Waals surface area contributed by atoms with Crippen LogP contribution in [0.25, 0.3) is 5.70 Å². The van der Waals surface area contributed by atoms with Gasteiger partial charge < -0.3 is 0 Å². The van der Waals surface area contributed by atoms with E-state index < -0.39 is 0 Å². The number of halogens is 1.